The molecule has 0 fully saturated rings. The highest BCUT2D eigenvalue weighted by Crippen LogP contribution is 2.44. The third-order valence-corrected chi connectivity index (χ3v) is 6.67. The first-order chi connectivity index (χ1) is 21.2. The monoisotopic (exact) mass is 464 g/mol. The van der Waals surface area contributed by atoms with E-state index in [-0.39, 0.29) is 45.7 Å². The Morgan fingerprint density at radius 3 is 1.50 bits per heavy atom. The molecule has 0 bridgehead atoms. The first-order valence-corrected chi connectivity index (χ1v) is 11.8. The van der Waals surface area contributed by atoms with Crippen LogP contribution in [0, 0.1) is 0 Å². The third-order valence-electron chi connectivity index (χ3n) is 6.67. The summed E-state index contributed by atoms with van der Waals surface area (Å²) in [6.45, 7) is 0. The maximum absolute atomic E-state index is 9.14. The van der Waals surface area contributed by atoms with Crippen molar-refractivity contribution < 1.29 is 11.0 Å². The lowest BCUT2D eigenvalue weighted by Crippen LogP contribution is -1.91. The Morgan fingerprint density at radius 1 is 0.361 bits per heavy atom. The van der Waals surface area contributed by atoms with Gasteiger partial charge in [-0.15, -0.1) is 0 Å². The van der Waals surface area contributed by atoms with Gasteiger partial charge in [0, 0.05) is 0 Å². The Kier molecular flexibility index (Phi) is 3.32. The smallest absolute Gasteiger partial charge is 0.0622 e. The molecule has 7 rings (SSSR count). The first kappa shape index (κ1) is 14.0. The van der Waals surface area contributed by atoms with Gasteiger partial charge in [-0.25, -0.2) is 0 Å². The zero-order valence-corrected chi connectivity index (χ0v) is 19.2. The molecule has 36 heavy (non-hydrogen) atoms. The van der Waals surface area contributed by atoms with Gasteiger partial charge >= 0.3 is 0 Å². The number of fused-ring (bicyclic) bond motifs is 3. The van der Waals surface area contributed by atoms with E-state index in [1.54, 1.807) is 0 Å². The fourth-order valence-corrected chi connectivity index (χ4v) is 5.03. The minimum Gasteiger partial charge on any atom is -0.0622 e. The van der Waals surface area contributed by atoms with Gasteiger partial charge < -0.3 is 0 Å². The van der Waals surface area contributed by atoms with Crippen LogP contribution >= 0.6 is 0 Å². The van der Waals surface area contributed by atoms with Gasteiger partial charge in [-0.05, 0) is 77.8 Å². The van der Waals surface area contributed by atoms with Gasteiger partial charge in [0.1, 0.15) is 0 Å². The quantitative estimate of drug-likeness (QED) is 0.228. The number of benzene rings is 7. The Labute approximate surface area is 222 Å². The molecular weight excluding hydrogens is 432 g/mol. The van der Waals surface area contributed by atoms with Crippen LogP contribution in [0.1, 0.15) is 11.0 Å². The first-order valence-electron chi connectivity index (χ1n) is 15.8. The molecule has 0 saturated carbocycles. The summed E-state index contributed by atoms with van der Waals surface area (Å²) >= 11 is 0. The van der Waals surface area contributed by atoms with Crippen molar-refractivity contribution in [2.45, 2.75) is 0 Å². The predicted octanol–water partition coefficient (Wildman–Crippen LogP) is 10.1. The normalized spacial score (nSPS) is 14.4. The topological polar surface area (TPSA) is 0 Å². The molecule has 0 radical (unpaired) electrons. The van der Waals surface area contributed by atoms with Crippen LogP contribution in [-0.4, -0.2) is 0 Å². The summed E-state index contributed by atoms with van der Waals surface area (Å²) in [5.74, 6) is 0. The molecule has 0 aliphatic heterocycles. The van der Waals surface area contributed by atoms with Crippen molar-refractivity contribution in [3.05, 3.63) is 145 Å². The second-order valence-electron chi connectivity index (χ2n) is 8.76. The van der Waals surface area contributed by atoms with Gasteiger partial charge in [0.2, 0.25) is 0 Å². The zero-order valence-electron chi connectivity index (χ0n) is 27.2. The highest BCUT2D eigenvalue weighted by atomic mass is 14.2. The van der Waals surface area contributed by atoms with Crippen LogP contribution in [0.4, 0.5) is 0 Å². The van der Waals surface area contributed by atoms with Crippen LogP contribution in [-0.2, 0) is 0 Å². The van der Waals surface area contributed by atoms with Crippen molar-refractivity contribution in [1.82, 2.24) is 0 Å². The van der Waals surface area contributed by atoms with E-state index in [0.717, 1.165) is 21.9 Å². The lowest BCUT2D eigenvalue weighted by molar-refractivity contribution is 1.61. The molecule has 0 aromatic heterocycles. The Balaban J connectivity index is 1.76. The standard InChI is InChI=1S/C36H24/c1-2-11-25(12-3-1)28-15-10-16-29(23-28)35-31-17-6-8-19-33(31)36(34-20-9-7-18-32(34)35)30-22-21-26-13-4-5-14-27(26)24-30/h1-24H/i6D,7D,8D,9D,17D,18D,19D,20D. The molecule has 0 heteroatoms. The van der Waals surface area contributed by atoms with Crippen LogP contribution in [0.3, 0.4) is 0 Å². The summed E-state index contributed by atoms with van der Waals surface area (Å²) in [5, 5.41) is 2.72. The van der Waals surface area contributed by atoms with E-state index in [2.05, 4.69) is 0 Å². The van der Waals surface area contributed by atoms with Gasteiger partial charge in [-0.2, -0.15) is 0 Å². The summed E-state index contributed by atoms with van der Waals surface area (Å²) in [6.07, 6.45) is 0. The molecule has 7 aromatic carbocycles. The summed E-state index contributed by atoms with van der Waals surface area (Å²) < 4.78 is 71.0. The van der Waals surface area contributed by atoms with Crippen molar-refractivity contribution in [2.75, 3.05) is 0 Å². The van der Waals surface area contributed by atoms with Crippen LogP contribution in [0.15, 0.2) is 145 Å². The van der Waals surface area contributed by atoms with E-state index in [9.17, 15) is 0 Å². The molecule has 0 aliphatic rings. The van der Waals surface area contributed by atoms with Crippen molar-refractivity contribution in [3.63, 3.8) is 0 Å². The summed E-state index contributed by atoms with van der Waals surface area (Å²) in [7, 11) is 0. The van der Waals surface area contributed by atoms with E-state index < -0.39 is 24.2 Å². The molecule has 0 aliphatic carbocycles. The summed E-state index contributed by atoms with van der Waals surface area (Å²) in [6, 6.07) is 27.9. The predicted molar refractivity (Wildman–Crippen MR) is 155 cm³/mol. The maximum Gasteiger partial charge on any atom is 0.0629 e. The molecule has 0 amide bonds. The average molecular weight is 465 g/mol. The van der Waals surface area contributed by atoms with Crippen molar-refractivity contribution in [3.8, 4) is 33.4 Å². The van der Waals surface area contributed by atoms with E-state index in [1.807, 2.05) is 97.1 Å². The van der Waals surface area contributed by atoms with Gasteiger partial charge in [-0.1, -0.05) is 133 Å². The van der Waals surface area contributed by atoms with E-state index in [1.165, 1.54) is 0 Å². The number of hydrogen-bond donors (Lipinski definition) is 0. The van der Waals surface area contributed by atoms with Gasteiger partial charge in [-0.3, -0.25) is 0 Å². The van der Waals surface area contributed by atoms with Crippen LogP contribution in [0.25, 0.3) is 65.7 Å². The SMILES string of the molecule is [2H]c1c([2H])c([2H])c2c(-c3ccc4ccccc4c3)c3c([2H])c([2H])c([2H])c([2H])c3c(-c3cccc(-c4ccccc4)c3)c2c1[2H]. The Morgan fingerprint density at radius 2 is 0.861 bits per heavy atom. The van der Waals surface area contributed by atoms with Gasteiger partial charge in [0.05, 0.1) is 11.0 Å². The highest BCUT2D eigenvalue weighted by Gasteiger charge is 2.17. The summed E-state index contributed by atoms with van der Waals surface area (Å²) in [4.78, 5) is 0. The molecular formula is C36H24. The number of rotatable bonds is 3. The van der Waals surface area contributed by atoms with Crippen molar-refractivity contribution >= 4 is 32.3 Å². The minimum absolute atomic E-state index is 0.210. The molecule has 0 heterocycles. The molecule has 0 saturated heterocycles. The van der Waals surface area contributed by atoms with Crippen LogP contribution in [0.5, 0.6) is 0 Å². The second-order valence-corrected chi connectivity index (χ2v) is 8.76. The lowest BCUT2D eigenvalue weighted by atomic mass is 9.85. The number of hydrogen-bond acceptors (Lipinski definition) is 0. The largest absolute Gasteiger partial charge is 0.0629 e. The lowest BCUT2D eigenvalue weighted by Gasteiger charge is -2.18. The molecule has 0 atom stereocenters. The highest BCUT2D eigenvalue weighted by molar-refractivity contribution is 6.21. The molecule has 168 valence electrons. The zero-order chi connectivity index (χ0) is 30.9. The third kappa shape index (κ3) is 3.39. The molecule has 0 nitrogen and oxygen atoms in total. The van der Waals surface area contributed by atoms with E-state index in [4.69, 9.17) is 11.0 Å². The van der Waals surface area contributed by atoms with E-state index in [0.29, 0.717) is 22.3 Å². The fourth-order valence-electron chi connectivity index (χ4n) is 5.03. The molecule has 0 N–H and O–H groups in total. The van der Waals surface area contributed by atoms with Gasteiger partial charge in [0.15, 0.2) is 0 Å². The van der Waals surface area contributed by atoms with Crippen molar-refractivity contribution in [1.29, 1.82) is 0 Å². The average Bonchev–Trinajstić information content (AvgIpc) is 3.06. The van der Waals surface area contributed by atoms with Crippen LogP contribution in [0.2, 0.25) is 0 Å². The Bertz CT molecular complexity index is 2230. The Hall–Kier alpha value is -4.68. The van der Waals surface area contributed by atoms with Crippen LogP contribution < -0.4 is 0 Å². The molecule has 7 aromatic rings. The van der Waals surface area contributed by atoms with E-state index >= 15 is 0 Å². The minimum atomic E-state index is -0.410. The van der Waals surface area contributed by atoms with Gasteiger partial charge in [0.25, 0.3) is 0 Å². The molecule has 0 unspecified atom stereocenters. The maximum atomic E-state index is 9.14. The summed E-state index contributed by atoms with van der Waals surface area (Å²) in [5.41, 5.74) is 3.68. The second kappa shape index (κ2) is 8.52. The fraction of sp³-hybridized carbons (Fsp3) is 0. The van der Waals surface area contributed by atoms with Crippen molar-refractivity contribution in [2.24, 2.45) is 0 Å². The molecule has 0 spiro atoms.